The highest BCUT2D eigenvalue weighted by Crippen LogP contribution is 2.31. The Morgan fingerprint density at radius 1 is 1.00 bits per heavy atom. The normalized spacial score (nSPS) is 12.8. The molecule has 0 spiro atoms. The van der Waals surface area contributed by atoms with Crippen molar-refractivity contribution in [2.75, 3.05) is 27.3 Å². The number of amides is 2. The Labute approximate surface area is 226 Å². The Morgan fingerprint density at radius 3 is 2.38 bits per heavy atom. The van der Waals surface area contributed by atoms with Gasteiger partial charge in [-0.15, -0.1) is 0 Å². The van der Waals surface area contributed by atoms with E-state index in [1.807, 2.05) is 37.3 Å². The van der Waals surface area contributed by atoms with Crippen molar-refractivity contribution in [3.05, 3.63) is 81.2 Å². The molecule has 0 saturated heterocycles. The van der Waals surface area contributed by atoms with Gasteiger partial charge in [0.2, 0.25) is 5.91 Å². The number of methoxy groups -OCH3 is 2. The number of ether oxygens (including phenoxy) is 2. The Bertz CT molecular complexity index is 1270. The number of carbonyl (C=O) groups is 2. The van der Waals surface area contributed by atoms with Gasteiger partial charge in [-0.2, -0.15) is 0 Å². The highest BCUT2D eigenvalue weighted by molar-refractivity contribution is 6.36. The molecule has 7 nitrogen and oxygen atoms in total. The van der Waals surface area contributed by atoms with E-state index in [4.69, 9.17) is 37.1 Å². The lowest BCUT2D eigenvalue weighted by Gasteiger charge is -2.28. The van der Waals surface area contributed by atoms with Gasteiger partial charge in [-0.25, -0.2) is 0 Å². The average molecular weight is 545 g/mol. The maximum atomic E-state index is 13.6. The van der Waals surface area contributed by atoms with E-state index >= 15 is 0 Å². The molecule has 3 aromatic rings. The molecule has 1 heterocycles. The van der Waals surface area contributed by atoms with Crippen molar-refractivity contribution in [3.63, 3.8) is 0 Å². The molecule has 0 bridgehead atoms. The number of hydrogen-bond acceptors (Lipinski definition) is 5. The molecule has 37 heavy (non-hydrogen) atoms. The average Bonchev–Trinajstić information content (AvgIpc) is 3.64. The van der Waals surface area contributed by atoms with Crippen LogP contribution in [0.25, 0.3) is 0 Å². The summed E-state index contributed by atoms with van der Waals surface area (Å²) in [7, 11) is 3.18. The second kappa shape index (κ2) is 11.9. The van der Waals surface area contributed by atoms with Gasteiger partial charge in [0.1, 0.15) is 18.1 Å². The van der Waals surface area contributed by atoms with Crippen molar-refractivity contribution in [1.29, 1.82) is 0 Å². The first kappa shape index (κ1) is 26.9. The van der Waals surface area contributed by atoms with Gasteiger partial charge >= 0.3 is 0 Å². The summed E-state index contributed by atoms with van der Waals surface area (Å²) in [6.07, 6.45) is 2.30. The Kier molecular flexibility index (Phi) is 8.67. The summed E-state index contributed by atoms with van der Waals surface area (Å²) >= 11 is 12.3. The van der Waals surface area contributed by atoms with Crippen LogP contribution in [0.5, 0.6) is 11.5 Å². The molecular formula is C28H30Cl2N2O5. The van der Waals surface area contributed by atoms with Crippen molar-refractivity contribution < 1.29 is 23.5 Å². The largest absolute Gasteiger partial charge is 0.493 e. The van der Waals surface area contributed by atoms with Crippen molar-refractivity contribution >= 4 is 35.0 Å². The smallest absolute Gasteiger partial charge is 0.256 e. The molecule has 1 aliphatic rings. The van der Waals surface area contributed by atoms with Crippen LogP contribution in [0.2, 0.25) is 10.0 Å². The summed E-state index contributed by atoms with van der Waals surface area (Å²) in [4.78, 5) is 30.3. The zero-order valence-corrected chi connectivity index (χ0v) is 22.6. The predicted octanol–water partition coefficient (Wildman–Crippen LogP) is 5.79. The van der Waals surface area contributed by atoms with E-state index in [0.29, 0.717) is 47.4 Å². The van der Waals surface area contributed by atoms with Crippen molar-refractivity contribution in [2.45, 2.75) is 38.8 Å². The van der Waals surface area contributed by atoms with Crippen LogP contribution in [0.1, 0.15) is 40.3 Å². The van der Waals surface area contributed by atoms with Crippen LogP contribution < -0.4 is 9.47 Å². The SMILES string of the molecule is COc1ccc(CCN(Cc2ccc(C)o2)C(=O)CN(C(=O)c2ccc(Cl)cc2Cl)C2CC2)cc1OC. The number of aryl methyl sites for hydroxylation is 1. The molecule has 2 aromatic carbocycles. The summed E-state index contributed by atoms with van der Waals surface area (Å²) in [6.45, 7) is 2.55. The van der Waals surface area contributed by atoms with E-state index in [-0.39, 0.29) is 29.4 Å². The van der Waals surface area contributed by atoms with Crippen LogP contribution in [0.4, 0.5) is 0 Å². The second-order valence-electron chi connectivity index (χ2n) is 9.06. The van der Waals surface area contributed by atoms with Gasteiger partial charge < -0.3 is 23.7 Å². The van der Waals surface area contributed by atoms with Gasteiger partial charge in [-0.3, -0.25) is 9.59 Å². The van der Waals surface area contributed by atoms with Crippen molar-refractivity contribution in [2.24, 2.45) is 0 Å². The van der Waals surface area contributed by atoms with Crippen LogP contribution in [0, 0.1) is 6.92 Å². The fourth-order valence-electron chi connectivity index (χ4n) is 4.17. The number of carbonyl (C=O) groups excluding carboxylic acids is 2. The minimum absolute atomic E-state index is 0.0155. The zero-order valence-electron chi connectivity index (χ0n) is 21.1. The highest BCUT2D eigenvalue weighted by atomic mass is 35.5. The molecule has 0 N–H and O–H groups in total. The van der Waals surface area contributed by atoms with Gasteiger partial charge in [-0.1, -0.05) is 29.3 Å². The van der Waals surface area contributed by atoms with Gasteiger partial charge in [0, 0.05) is 17.6 Å². The first-order valence-corrected chi connectivity index (χ1v) is 12.8. The monoisotopic (exact) mass is 544 g/mol. The van der Waals surface area contributed by atoms with E-state index in [1.165, 1.54) is 6.07 Å². The number of benzene rings is 2. The lowest BCUT2D eigenvalue weighted by molar-refractivity contribution is -0.132. The standard InChI is InChI=1S/C28H30Cl2N2O5/c1-18-4-9-22(37-18)16-31(13-12-19-5-11-25(35-2)26(14-19)36-3)27(33)17-32(21-7-8-21)28(34)23-10-6-20(29)15-24(23)30/h4-6,9-11,14-15,21H,7-8,12-13,16-17H2,1-3H3. The fourth-order valence-corrected chi connectivity index (χ4v) is 4.66. The molecule has 196 valence electrons. The maximum Gasteiger partial charge on any atom is 0.256 e. The third-order valence-corrected chi connectivity index (χ3v) is 6.88. The summed E-state index contributed by atoms with van der Waals surface area (Å²) in [5, 5.41) is 0.720. The molecule has 4 rings (SSSR count). The third kappa shape index (κ3) is 6.79. The topological polar surface area (TPSA) is 72.2 Å². The molecule has 1 aliphatic carbocycles. The number of hydrogen-bond donors (Lipinski definition) is 0. The number of halogens is 2. The Morgan fingerprint density at radius 2 is 1.76 bits per heavy atom. The van der Waals surface area contributed by atoms with Crippen LogP contribution in [0.15, 0.2) is 52.9 Å². The van der Waals surface area contributed by atoms with Crippen LogP contribution in [-0.4, -0.2) is 55.0 Å². The molecular weight excluding hydrogens is 515 g/mol. The van der Waals surface area contributed by atoms with E-state index in [2.05, 4.69) is 0 Å². The van der Waals surface area contributed by atoms with Crippen molar-refractivity contribution in [3.8, 4) is 11.5 Å². The second-order valence-corrected chi connectivity index (χ2v) is 9.90. The lowest BCUT2D eigenvalue weighted by atomic mass is 10.1. The lowest BCUT2D eigenvalue weighted by Crippen LogP contribution is -2.44. The molecule has 1 aromatic heterocycles. The van der Waals surface area contributed by atoms with E-state index in [9.17, 15) is 9.59 Å². The quantitative estimate of drug-likeness (QED) is 0.305. The minimum atomic E-state index is -0.272. The van der Waals surface area contributed by atoms with E-state index < -0.39 is 0 Å². The van der Waals surface area contributed by atoms with Crippen LogP contribution in [0.3, 0.4) is 0 Å². The molecule has 0 aliphatic heterocycles. The first-order valence-electron chi connectivity index (χ1n) is 12.1. The van der Waals surface area contributed by atoms with E-state index in [0.717, 1.165) is 24.2 Å². The first-order chi connectivity index (χ1) is 17.8. The number of furan rings is 1. The fraction of sp³-hybridized carbons (Fsp3) is 0.357. The molecule has 9 heteroatoms. The van der Waals surface area contributed by atoms with Gasteiger partial charge in [0.15, 0.2) is 11.5 Å². The van der Waals surface area contributed by atoms with Crippen molar-refractivity contribution in [1.82, 2.24) is 9.80 Å². The molecule has 0 atom stereocenters. The van der Waals surface area contributed by atoms with Crippen LogP contribution >= 0.6 is 23.2 Å². The highest BCUT2D eigenvalue weighted by Gasteiger charge is 2.36. The minimum Gasteiger partial charge on any atom is -0.493 e. The van der Waals surface area contributed by atoms with Crippen LogP contribution in [-0.2, 0) is 17.8 Å². The van der Waals surface area contributed by atoms with E-state index in [1.54, 1.807) is 36.2 Å². The van der Waals surface area contributed by atoms with Gasteiger partial charge in [0.05, 0.1) is 31.4 Å². The molecule has 1 saturated carbocycles. The summed E-state index contributed by atoms with van der Waals surface area (Å²) in [6, 6.07) is 14.2. The van der Waals surface area contributed by atoms with Gasteiger partial charge in [0.25, 0.3) is 5.91 Å². The Balaban J connectivity index is 1.52. The molecule has 0 unspecified atom stereocenters. The summed E-state index contributed by atoms with van der Waals surface area (Å²) in [5.74, 6) is 2.29. The Hall–Kier alpha value is -3.16. The molecule has 1 fully saturated rings. The predicted molar refractivity (Wildman–Crippen MR) is 143 cm³/mol. The third-order valence-electron chi connectivity index (χ3n) is 6.33. The summed E-state index contributed by atoms with van der Waals surface area (Å²) in [5.41, 5.74) is 1.33. The van der Waals surface area contributed by atoms with Gasteiger partial charge in [-0.05, 0) is 74.2 Å². The molecule has 0 radical (unpaired) electrons. The number of nitrogens with zero attached hydrogens (tertiary/aromatic N) is 2. The molecule has 2 amide bonds. The number of rotatable bonds is 11. The zero-order chi connectivity index (χ0) is 26.5. The summed E-state index contributed by atoms with van der Waals surface area (Å²) < 4.78 is 16.5. The maximum absolute atomic E-state index is 13.6.